The molecule has 0 amide bonds. The van der Waals surface area contributed by atoms with Gasteiger partial charge in [0.1, 0.15) is 5.60 Å². The van der Waals surface area contributed by atoms with Crippen molar-refractivity contribution >= 4 is 15.9 Å². The first kappa shape index (κ1) is 31.1. The average Bonchev–Trinajstić information content (AvgIpc) is 2.69. The summed E-state index contributed by atoms with van der Waals surface area (Å²) in [5.41, 5.74) is -0.239. The molecular formula is C26H55O2P. The number of esters is 1. The van der Waals surface area contributed by atoms with Crippen LogP contribution in [0.3, 0.4) is 0 Å². The number of hydrogen-bond acceptors (Lipinski definition) is 2. The van der Waals surface area contributed by atoms with Crippen LogP contribution in [0.5, 0.6) is 0 Å². The number of ether oxygens (including phenoxy) is 1. The number of rotatable bonds is 20. The predicted molar refractivity (Wildman–Crippen MR) is 135 cm³/mol. The topological polar surface area (TPSA) is 26.3 Å². The van der Waals surface area contributed by atoms with Crippen molar-refractivity contribution in [3.05, 3.63) is 0 Å². The normalized spacial score (nSPS) is 12.4. The van der Waals surface area contributed by atoms with Crippen LogP contribution in [0.4, 0.5) is 0 Å². The second kappa shape index (κ2) is 21.1. The van der Waals surface area contributed by atoms with Crippen LogP contribution in [0, 0.1) is 5.92 Å². The lowest BCUT2D eigenvalue weighted by molar-refractivity contribution is -0.165. The van der Waals surface area contributed by atoms with Crippen molar-refractivity contribution in [1.29, 1.82) is 0 Å². The lowest BCUT2D eigenvalue weighted by Gasteiger charge is -2.38. The van der Waals surface area contributed by atoms with Crippen LogP contribution in [-0.4, -0.2) is 11.6 Å². The first-order chi connectivity index (χ1) is 13.6. The molecule has 0 radical (unpaired) electrons. The zero-order valence-corrected chi connectivity index (χ0v) is 22.2. The lowest BCUT2D eigenvalue weighted by atomic mass is 9.78. The molecule has 2 atom stereocenters. The lowest BCUT2D eigenvalue weighted by Crippen LogP contribution is -2.41. The second-order valence-corrected chi connectivity index (χ2v) is 8.86. The molecule has 0 aromatic heterocycles. The Balaban J connectivity index is 0. The molecule has 176 valence electrons. The molecule has 2 nitrogen and oxygen atoms in total. The van der Waals surface area contributed by atoms with Crippen LogP contribution in [0.15, 0.2) is 0 Å². The molecule has 0 aliphatic carbocycles. The van der Waals surface area contributed by atoms with Crippen molar-refractivity contribution in [3.8, 4) is 0 Å². The van der Waals surface area contributed by atoms with E-state index in [1.165, 1.54) is 96.3 Å². The largest absolute Gasteiger partial charge is 0.459 e. The molecule has 0 bridgehead atoms. The number of carbonyl (C=O) groups excluding carboxylic acids is 1. The third kappa shape index (κ3) is 15.4. The first-order valence-corrected chi connectivity index (χ1v) is 12.8. The van der Waals surface area contributed by atoms with E-state index in [0.29, 0.717) is 5.92 Å². The Kier molecular flexibility index (Phi) is 22.7. The Morgan fingerprint density at radius 3 is 1.38 bits per heavy atom. The van der Waals surface area contributed by atoms with Crippen molar-refractivity contribution in [2.75, 3.05) is 0 Å². The van der Waals surface area contributed by atoms with Gasteiger partial charge in [-0.15, -0.1) is 0 Å². The van der Waals surface area contributed by atoms with Crippen molar-refractivity contribution < 1.29 is 9.53 Å². The molecule has 0 aromatic rings. The van der Waals surface area contributed by atoms with Gasteiger partial charge in [0.15, 0.2) is 0 Å². The van der Waals surface area contributed by atoms with E-state index < -0.39 is 0 Å². The first-order valence-electron chi connectivity index (χ1n) is 12.8. The van der Waals surface area contributed by atoms with E-state index in [4.69, 9.17) is 4.74 Å². The maximum absolute atomic E-state index is 11.6. The van der Waals surface area contributed by atoms with Gasteiger partial charge in [0, 0.05) is 6.92 Å². The molecule has 0 rings (SSSR count). The summed E-state index contributed by atoms with van der Waals surface area (Å²) in [6, 6.07) is 0. The van der Waals surface area contributed by atoms with Crippen LogP contribution >= 0.6 is 9.90 Å². The Hall–Kier alpha value is -0.100. The highest BCUT2D eigenvalue weighted by Gasteiger charge is 2.37. The summed E-state index contributed by atoms with van der Waals surface area (Å²) in [7, 11) is 0. The van der Waals surface area contributed by atoms with Gasteiger partial charge in [0.05, 0.1) is 0 Å². The summed E-state index contributed by atoms with van der Waals surface area (Å²) >= 11 is 0. The molecule has 0 aliphatic rings. The number of hydrogen-bond donors (Lipinski definition) is 0. The molecule has 29 heavy (non-hydrogen) atoms. The zero-order valence-electron chi connectivity index (χ0n) is 20.8. The molecule has 0 saturated heterocycles. The standard InChI is InChI=1S/C26H52O2.H3P/c1-6-10-11-12-13-14-15-16-17-18-19-20-21-22-23-25(7-2)26(8-3,9-4)28-24(5)27;/h25H,6-23H2,1-5H3;1H3. The SMILES string of the molecule is CCCCCCCCCCCCCCCCC(CC)C(CC)(CC)OC(C)=O.P. The van der Waals surface area contributed by atoms with Crippen LogP contribution in [0.1, 0.15) is 150 Å². The maximum atomic E-state index is 11.6. The quantitative estimate of drug-likeness (QED) is 0.109. The highest BCUT2D eigenvalue weighted by atomic mass is 31.0. The predicted octanol–water partition coefficient (Wildman–Crippen LogP) is 9.06. The van der Waals surface area contributed by atoms with Gasteiger partial charge in [-0.05, 0) is 31.6 Å². The van der Waals surface area contributed by atoms with E-state index in [2.05, 4.69) is 27.7 Å². The Labute approximate surface area is 187 Å². The minimum atomic E-state index is -0.239. The van der Waals surface area contributed by atoms with Crippen LogP contribution in [0.25, 0.3) is 0 Å². The van der Waals surface area contributed by atoms with E-state index in [0.717, 1.165) is 19.3 Å². The fourth-order valence-electron chi connectivity index (χ4n) is 4.77. The summed E-state index contributed by atoms with van der Waals surface area (Å²) in [4.78, 5) is 11.6. The molecule has 0 aliphatic heterocycles. The maximum Gasteiger partial charge on any atom is 0.303 e. The van der Waals surface area contributed by atoms with Gasteiger partial charge in [-0.3, -0.25) is 4.79 Å². The van der Waals surface area contributed by atoms with E-state index in [1.54, 1.807) is 6.92 Å². The molecule has 0 N–H and O–H groups in total. The van der Waals surface area contributed by atoms with Gasteiger partial charge >= 0.3 is 5.97 Å². The highest BCUT2D eigenvalue weighted by molar-refractivity contribution is 6.92. The van der Waals surface area contributed by atoms with Crippen molar-refractivity contribution in [2.24, 2.45) is 5.92 Å². The van der Waals surface area contributed by atoms with Gasteiger partial charge in [0.25, 0.3) is 0 Å². The fraction of sp³-hybridized carbons (Fsp3) is 0.962. The summed E-state index contributed by atoms with van der Waals surface area (Å²) in [5.74, 6) is 0.381. The summed E-state index contributed by atoms with van der Waals surface area (Å²) < 4.78 is 5.82. The Morgan fingerprint density at radius 2 is 1.07 bits per heavy atom. The molecule has 0 spiro atoms. The summed E-state index contributed by atoms with van der Waals surface area (Å²) in [6.45, 7) is 10.4. The van der Waals surface area contributed by atoms with E-state index >= 15 is 0 Å². The van der Waals surface area contributed by atoms with Crippen molar-refractivity contribution in [3.63, 3.8) is 0 Å². The van der Waals surface area contributed by atoms with Gasteiger partial charge in [-0.25, -0.2) is 0 Å². The molecule has 0 heterocycles. The van der Waals surface area contributed by atoms with Crippen LogP contribution < -0.4 is 0 Å². The Bertz CT molecular complexity index is 353. The van der Waals surface area contributed by atoms with Gasteiger partial charge in [0.2, 0.25) is 0 Å². The molecule has 0 fully saturated rings. The monoisotopic (exact) mass is 430 g/mol. The van der Waals surface area contributed by atoms with Gasteiger partial charge < -0.3 is 4.74 Å². The van der Waals surface area contributed by atoms with Crippen molar-refractivity contribution in [1.82, 2.24) is 0 Å². The molecular weight excluding hydrogens is 375 g/mol. The van der Waals surface area contributed by atoms with Crippen molar-refractivity contribution in [2.45, 2.75) is 156 Å². The smallest absolute Gasteiger partial charge is 0.303 e. The third-order valence-corrected chi connectivity index (χ3v) is 6.69. The molecule has 3 heteroatoms. The van der Waals surface area contributed by atoms with E-state index in [-0.39, 0.29) is 21.5 Å². The number of unbranched alkanes of at least 4 members (excludes halogenated alkanes) is 13. The highest BCUT2D eigenvalue weighted by Crippen LogP contribution is 2.36. The average molecular weight is 431 g/mol. The van der Waals surface area contributed by atoms with E-state index in [9.17, 15) is 4.79 Å². The Morgan fingerprint density at radius 1 is 0.690 bits per heavy atom. The zero-order chi connectivity index (χ0) is 21.1. The second-order valence-electron chi connectivity index (χ2n) is 8.86. The van der Waals surface area contributed by atoms with Gasteiger partial charge in [-0.2, -0.15) is 9.90 Å². The van der Waals surface area contributed by atoms with Gasteiger partial charge in [-0.1, -0.05) is 118 Å². The summed E-state index contributed by atoms with van der Waals surface area (Å²) in [6.07, 6.45) is 23.8. The molecule has 0 aromatic carbocycles. The minimum Gasteiger partial charge on any atom is -0.459 e. The number of carbonyl (C=O) groups is 1. The van der Waals surface area contributed by atoms with Crippen LogP contribution in [0.2, 0.25) is 0 Å². The van der Waals surface area contributed by atoms with Crippen LogP contribution in [-0.2, 0) is 9.53 Å². The molecule has 2 unspecified atom stereocenters. The molecule has 0 saturated carbocycles. The summed E-state index contributed by atoms with van der Waals surface area (Å²) in [5, 5.41) is 0. The third-order valence-electron chi connectivity index (χ3n) is 6.69. The minimum absolute atomic E-state index is 0. The fourth-order valence-corrected chi connectivity index (χ4v) is 4.77. The van der Waals surface area contributed by atoms with E-state index in [1.807, 2.05) is 0 Å².